The predicted molar refractivity (Wildman–Crippen MR) is 195 cm³/mol. The van der Waals surface area contributed by atoms with Gasteiger partial charge in [-0.25, -0.2) is 0 Å². The number of carboxylic acids is 1. The fourth-order valence-corrected chi connectivity index (χ4v) is 5.98. The van der Waals surface area contributed by atoms with Gasteiger partial charge in [0.25, 0.3) is 0 Å². The van der Waals surface area contributed by atoms with Crippen molar-refractivity contribution in [2.45, 2.75) is 225 Å². The van der Waals surface area contributed by atoms with Crippen LogP contribution in [0.3, 0.4) is 0 Å². The van der Waals surface area contributed by atoms with Crippen molar-refractivity contribution in [3.8, 4) is 0 Å². The SMILES string of the molecule is CCCCCCC/C=C\C/C=C\CCCCCCCCCCCC(=O)OC(CCCCCCCC)CCCCCCCC(=O)O. The van der Waals surface area contributed by atoms with E-state index in [4.69, 9.17) is 9.84 Å². The number of ether oxygens (including phenoxy) is 1. The smallest absolute Gasteiger partial charge is 0.306 e. The Bertz CT molecular complexity index is 683. The van der Waals surface area contributed by atoms with Crippen LogP contribution >= 0.6 is 0 Å². The van der Waals surface area contributed by atoms with Gasteiger partial charge in [0.05, 0.1) is 0 Å². The summed E-state index contributed by atoms with van der Waals surface area (Å²) in [5.74, 6) is -0.705. The zero-order valence-corrected chi connectivity index (χ0v) is 30.2. The van der Waals surface area contributed by atoms with Crippen LogP contribution in [0.2, 0.25) is 0 Å². The summed E-state index contributed by atoms with van der Waals surface area (Å²) in [6.45, 7) is 4.52. The van der Waals surface area contributed by atoms with Gasteiger partial charge in [0.1, 0.15) is 6.10 Å². The molecule has 0 rings (SSSR count). The molecule has 0 aliphatic rings. The number of carbonyl (C=O) groups excluding carboxylic acids is 1. The second-order valence-electron chi connectivity index (χ2n) is 13.5. The molecule has 0 aromatic carbocycles. The van der Waals surface area contributed by atoms with E-state index in [-0.39, 0.29) is 18.5 Å². The molecule has 0 bridgehead atoms. The molecule has 0 aromatic heterocycles. The van der Waals surface area contributed by atoms with Crippen LogP contribution in [0.1, 0.15) is 219 Å². The molecule has 4 heteroatoms. The average Bonchev–Trinajstić information content (AvgIpc) is 3.02. The normalized spacial score (nSPS) is 12.4. The number of esters is 1. The standard InChI is InChI=1S/C41H76O4/c1-3-5-7-9-11-12-13-14-15-16-17-18-19-20-21-22-23-24-25-30-34-38-41(44)45-39(35-31-27-10-8-6-4-2)36-32-28-26-29-33-37-40(42)43/h13-14,16-17,39H,3-12,15,18-38H2,1-2H3,(H,42,43)/b14-13-,17-16-. The molecular formula is C41H76O4. The molecule has 0 saturated carbocycles. The molecule has 45 heavy (non-hydrogen) atoms. The van der Waals surface area contributed by atoms with Crippen LogP contribution < -0.4 is 0 Å². The zero-order chi connectivity index (χ0) is 32.9. The summed E-state index contributed by atoms with van der Waals surface area (Å²) in [6, 6.07) is 0. The lowest BCUT2D eigenvalue weighted by Crippen LogP contribution is -2.18. The fraction of sp³-hybridized carbons (Fsp3) is 0.854. The van der Waals surface area contributed by atoms with Gasteiger partial charge < -0.3 is 9.84 Å². The molecule has 4 nitrogen and oxygen atoms in total. The Labute approximate surface area is 280 Å². The van der Waals surface area contributed by atoms with Crippen molar-refractivity contribution in [2.75, 3.05) is 0 Å². The number of rotatable bonds is 36. The van der Waals surface area contributed by atoms with Crippen LogP contribution in [0, 0.1) is 0 Å². The molecule has 0 spiro atoms. The first kappa shape index (κ1) is 43.4. The lowest BCUT2D eigenvalue weighted by molar-refractivity contribution is -0.150. The lowest BCUT2D eigenvalue weighted by Gasteiger charge is -2.18. The molecule has 1 atom stereocenters. The zero-order valence-electron chi connectivity index (χ0n) is 30.2. The molecular weight excluding hydrogens is 556 g/mol. The van der Waals surface area contributed by atoms with E-state index in [0.717, 1.165) is 70.6 Å². The van der Waals surface area contributed by atoms with Crippen LogP contribution in [0.4, 0.5) is 0 Å². The number of unbranched alkanes of at least 4 members (excludes halogenated alkanes) is 23. The quantitative estimate of drug-likeness (QED) is 0.0424. The van der Waals surface area contributed by atoms with Crippen LogP contribution in [0.25, 0.3) is 0 Å². The predicted octanol–water partition coefficient (Wildman–Crippen LogP) is 13.6. The third-order valence-corrected chi connectivity index (χ3v) is 8.93. The van der Waals surface area contributed by atoms with E-state index in [2.05, 4.69) is 38.2 Å². The maximum absolute atomic E-state index is 12.6. The van der Waals surface area contributed by atoms with Crippen molar-refractivity contribution in [1.29, 1.82) is 0 Å². The molecule has 0 aliphatic heterocycles. The number of carboxylic acid groups (broad SMARTS) is 1. The molecule has 0 aromatic rings. The number of hydrogen-bond donors (Lipinski definition) is 1. The van der Waals surface area contributed by atoms with Crippen LogP contribution in [0.15, 0.2) is 24.3 Å². The summed E-state index contributed by atoms with van der Waals surface area (Å²) in [7, 11) is 0. The summed E-state index contributed by atoms with van der Waals surface area (Å²) in [6.07, 6.45) is 46.4. The van der Waals surface area contributed by atoms with Gasteiger partial charge in [-0.1, -0.05) is 160 Å². The Balaban J connectivity index is 3.79. The van der Waals surface area contributed by atoms with E-state index in [1.54, 1.807) is 0 Å². The highest BCUT2D eigenvalue weighted by Gasteiger charge is 2.14. The van der Waals surface area contributed by atoms with Gasteiger partial charge in [-0.2, -0.15) is 0 Å². The molecule has 0 amide bonds. The van der Waals surface area contributed by atoms with Crippen LogP contribution in [-0.4, -0.2) is 23.1 Å². The maximum atomic E-state index is 12.6. The lowest BCUT2D eigenvalue weighted by atomic mass is 10.0. The molecule has 0 saturated heterocycles. The van der Waals surface area contributed by atoms with E-state index < -0.39 is 5.97 Å². The summed E-state index contributed by atoms with van der Waals surface area (Å²) in [4.78, 5) is 23.2. The van der Waals surface area contributed by atoms with Gasteiger partial charge >= 0.3 is 11.9 Å². The first-order chi connectivity index (χ1) is 22.1. The highest BCUT2D eigenvalue weighted by molar-refractivity contribution is 5.69. The van der Waals surface area contributed by atoms with Crippen LogP contribution in [-0.2, 0) is 14.3 Å². The minimum atomic E-state index is -0.701. The third kappa shape index (κ3) is 36.8. The highest BCUT2D eigenvalue weighted by Crippen LogP contribution is 2.18. The summed E-state index contributed by atoms with van der Waals surface area (Å²) < 4.78 is 5.96. The Hall–Kier alpha value is -1.58. The number of allylic oxidation sites excluding steroid dienone is 4. The minimum Gasteiger partial charge on any atom is -0.481 e. The summed E-state index contributed by atoms with van der Waals surface area (Å²) in [5.41, 5.74) is 0. The molecule has 0 fully saturated rings. The van der Waals surface area contributed by atoms with Gasteiger partial charge in [-0.15, -0.1) is 0 Å². The van der Waals surface area contributed by atoms with E-state index in [0.29, 0.717) is 6.42 Å². The van der Waals surface area contributed by atoms with Crippen molar-refractivity contribution in [3.63, 3.8) is 0 Å². The van der Waals surface area contributed by atoms with Crippen molar-refractivity contribution < 1.29 is 19.4 Å². The molecule has 0 heterocycles. The first-order valence-corrected chi connectivity index (χ1v) is 19.8. The second-order valence-corrected chi connectivity index (χ2v) is 13.5. The van der Waals surface area contributed by atoms with E-state index in [9.17, 15) is 9.59 Å². The maximum Gasteiger partial charge on any atom is 0.306 e. The van der Waals surface area contributed by atoms with Crippen molar-refractivity contribution in [3.05, 3.63) is 24.3 Å². The van der Waals surface area contributed by atoms with Gasteiger partial charge in [0, 0.05) is 12.8 Å². The Morgan fingerprint density at radius 1 is 0.489 bits per heavy atom. The highest BCUT2D eigenvalue weighted by atomic mass is 16.5. The van der Waals surface area contributed by atoms with Crippen molar-refractivity contribution in [1.82, 2.24) is 0 Å². The first-order valence-electron chi connectivity index (χ1n) is 19.8. The summed E-state index contributed by atoms with van der Waals surface area (Å²) in [5, 5.41) is 8.78. The van der Waals surface area contributed by atoms with Gasteiger partial charge in [-0.05, 0) is 70.6 Å². The number of hydrogen-bond acceptors (Lipinski definition) is 3. The topological polar surface area (TPSA) is 63.6 Å². The Kier molecular flexibility index (Phi) is 35.6. The second kappa shape index (κ2) is 36.9. The molecule has 264 valence electrons. The average molecular weight is 633 g/mol. The van der Waals surface area contributed by atoms with E-state index in [1.165, 1.54) is 122 Å². The fourth-order valence-electron chi connectivity index (χ4n) is 5.98. The van der Waals surface area contributed by atoms with E-state index in [1.807, 2.05) is 0 Å². The molecule has 0 aliphatic carbocycles. The summed E-state index contributed by atoms with van der Waals surface area (Å²) >= 11 is 0. The number of carbonyl (C=O) groups is 2. The van der Waals surface area contributed by atoms with Crippen LogP contribution in [0.5, 0.6) is 0 Å². The molecule has 1 N–H and O–H groups in total. The van der Waals surface area contributed by atoms with Crippen molar-refractivity contribution >= 4 is 11.9 Å². The van der Waals surface area contributed by atoms with Gasteiger partial charge in [-0.3, -0.25) is 9.59 Å². The molecule has 1 unspecified atom stereocenters. The van der Waals surface area contributed by atoms with Crippen molar-refractivity contribution in [2.24, 2.45) is 0 Å². The molecule has 0 radical (unpaired) electrons. The Morgan fingerprint density at radius 3 is 1.31 bits per heavy atom. The minimum absolute atomic E-state index is 0.00434. The largest absolute Gasteiger partial charge is 0.481 e. The van der Waals surface area contributed by atoms with Gasteiger partial charge in [0.15, 0.2) is 0 Å². The van der Waals surface area contributed by atoms with E-state index >= 15 is 0 Å². The van der Waals surface area contributed by atoms with Gasteiger partial charge in [0.2, 0.25) is 0 Å². The monoisotopic (exact) mass is 633 g/mol. The Morgan fingerprint density at radius 2 is 0.867 bits per heavy atom. The third-order valence-electron chi connectivity index (χ3n) is 8.93. The number of aliphatic carboxylic acids is 1.